The van der Waals surface area contributed by atoms with Crippen LogP contribution < -0.4 is 0 Å². The number of rotatable bonds is 3. The van der Waals surface area contributed by atoms with E-state index in [-0.39, 0.29) is 10.7 Å². The van der Waals surface area contributed by atoms with Crippen LogP contribution in [0.4, 0.5) is 5.69 Å². The van der Waals surface area contributed by atoms with E-state index in [4.69, 9.17) is 34.8 Å². The topological polar surface area (TPSA) is 43.1 Å². The van der Waals surface area contributed by atoms with Crippen LogP contribution in [-0.2, 0) is 0 Å². The molecule has 0 unspecified atom stereocenters. The summed E-state index contributed by atoms with van der Waals surface area (Å²) in [6, 6.07) is 9.69. The first-order valence-electron chi connectivity index (χ1n) is 5.05. The molecule has 0 aliphatic heterocycles. The van der Waals surface area contributed by atoms with Crippen LogP contribution in [0.5, 0.6) is 0 Å². The second-order valence-electron chi connectivity index (χ2n) is 3.52. The largest absolute Gasteiger partial charge is 0.301 e. The summed E-state index contributed by atoms with van der Waals surface area (Å²) in [6.07, 6.45) is 0. The fourth-order valence-electron chi connectivity index (χ4n) is 1.43. The molecule has 0 saturated carbocycles. The molecule has 3 nitrogen and oxygen atoms in total. The van der Waals surface area contributed by atoms with Crippen molar-refractivity contribution in [1.82, 2.24) is 0 Å². The summed E-state index contributed by atoms with van der Waals surface area (Å²) >= 11 is 18.9. The summed E-state index contributed by atoms with van der Waals surface area (Å²) in [5.41, 5.74) is -0.134. The zero-order valence-corrected chi connectivity index (χ0v) is 12.4. The fourth-order valence-corrected chi connectivity index (χ4v) is 3.21. The van der Waals surface area contributed by atoms with Gasteiger partial charge < -0.3 is 0 Å². The summed E-state index contributed by atoms with van der Waals surface area (Å²) < 4.78 is 0. The van der Waals surface area contributed by atoms with Gasteiger partial charge in [0.1, 0.15) is 5.02 Å². The number of hydrogen-bond donors (Lipinski definition) is 0. The van der Waals surface area contributed by atoms with Gasteiger partial charge in [0.05, 0.1) is 14.8 Å². The molecule has 0 aliphatic carbocycles. The average molecular weight is 335 g/mol. The van der Waals surface area contributed by atoms with Crippen molar-refractivity contribution in [2.75, 3.05) is 0 Å². The van der Waals surface area contributed by atoms with E-state index in [9.17, 15) is 10.1 Å². The van der Waals surface area contributed by atoms with Crippen molar-refractivity contribution in [3.8, 4) is 0 Å². The Balaban J connectivity index is 2.46. The Morgan fingerprint density at radius 2 is 1.74 bits per heavy atom. The molecule has 0 saturated heterocycles. The van der Waals surface area contributed by atoms with Crippen molar-refractivity contribution in [2.45, 2.75) is 9.79 Å². The highest BCUT2D eigenvalue weighted by atomic mass is 35.5. The highest BCUT2D eigenvalue weighted by molar-refractivity contribution is 7.99. The molecular formula is C12H6Cl3NO2S. The molecule has 0 heterocycles. The van der Waals surface area contributed by atoms with Crippen LogP contribution in [-0.4, -0.2) is 4.92 Å². The summed E-state index contributed by atoms with van der Waals surface area (Å²) in [5.74, 6) is 0. The maximum atomic E-state index is 11.0. The van der Waals surface area contributed by atoms with Gasteiger partial charge in [-0.3, -0.25) is 10.1 Å². The summed E-state index contributed by atoms with van der Waals surface area (Å²) in [5, 5.41) is 12.1. The molecule has 0 atom stereocenters. The minimum absolute atomic E-state index is 0.0909. The van der Waals surface area contributed by atoms with E-state index < -0.39 is 4.92 Å². The number of nitro benzene ring substituents is 1. The molecule has 2 aromatic rings. The summed E-state index contributed by atoms with van der Waals surface area (Å²) in [7, 11) is 0. The third-order valence-electron chi connectivity index (χ3n) is 2.25. The van der Waals surface area contributed by atoms with Crippen LogP contribution in [0.3, 0.4) is 0 Å². The van der Waals surface area contributed by atoms with Crippen LogP contribution in [0.15, 0.2) is 46.2 Å². The minimum atomic E-state index is -0.511. The summed E-state index contributed by atoms with van der Waals surface area (Å²) in [4.78, 5) is 11.6. The van der Waals surface area contributed by atoms with Crippen LogP contribution in [0.25, 0.3) is 0 Å². The van der Waals surface area contributed by atoms with E-state index in [2.05, 4.69) is 0 Å². The number of nitrogens with zero attached hydrogens (tertiary/aromatic N) is 1. The SMILES string of the molecule is O=[N+]([O-])c1c(Cl)cccc1Sc1cc(Cl)ccc1Cl. The number of benzene rings is 2. The molecule has 2 rings (SSSR count). The van der Waals surface area contributed by atoms with Crippen molar-refractivity contribution >= 4 is 52.3 Å². The Morgan fingerprint density at radius 3 is 2.42 bits per heavy atom. The lowest BCUT2D eigenvalue weighted by Crippen LogP contribution is -1.92. The van der Waals surface area contributed by atoms with Gasteiger partial charge in [-0.1, -0.05) is 52.6 Å². The normalized spacial score (nSPS) is 10.5. The predicted molar refractivity (Wildman–Crippen MR) is 78.7 cm³/mol. The third-order valence-corrected chi connectivity index (χ3v) is 4.33. The zero-order valence-electron chi connectivity index (χ0n) is 9.27. The van der Waals surface area contributed by atoms with Crippen molar-refractivity contribution in [3.05, 3.63) is 61.6 Å². The monoisotopic (exact) mass is 333 g/mol. The van der Waals surface area contributed by atoms with Gasteiger partial charge in [-0.05, 0) is 30.3 Å². The lowest BCUT2D eigenvalue weighted by molar-refractivity contribution is -0.387. The standard InChI is InChI=1S/C12H6Cl3NO2S/c13-7-4-5-8(14)11(6-7)19-10-3-1-2-9(15)12(10)16(17)18/h1-6H. The van der Waals surface area contributed by atoms with Crippen LogP contribution in [0, 0.1) is 10.1 Å². The average Bonchev–Trinajstić information content (AvgIpc) is 2.33. The van der Waals surface area contributed by atoms with Crippen LogP contribution >= 0.6 is 46.6 Å². The Morgan fingerprint density at radius 1 is 1.00 bits per heavy atom. The zero-order chi connectivity index (χ0) is 14.0. The van der Waals surface area contributed by atoms with E-state index in [1.165, 1.54) is 6.07 Å². The summed E-state index contributed by atoms with van der Waals surface area (Å²) in [6.45, 7) is 0. The lowest BCUT2D eigenvalue weighted by atomic mass is 10.3. The highest BCUT2D eigenvalue weighted by Gasteiger charge is 2.19. The van der Waals surface area contributed by atoms with Gasteiger partial charge in [0, 0.05) is 9.92 Å². The molecule has 0 fully saturated rings. The number of halogens is 3. The van der Waals surface area contributed by atoms with E-state index in [0.29, 0.717) is 19.8 Å². The number of para-hydroxylation sites is 1. The van der Waals surface area contributed by atoms with E-state index in [0.717, 1.165) is 11.8 Å². The Kier molecular flexibility index (Phi) is 4.58. The first-order chi connectivity index (χ1) is 8.99. The number of nitro groups is 1. The van der Waals surface area contributed by atoms with Crippen LogP contribution in [0.1, 0.15) is 0 Å². The highest BCUT2D eigenvalue weighted by Crippen LogP contribution is 2.41. The molecule has 0 amide bonds. The second-order valence-corrected chi connectivity index (χ2v) is 5.86. The Hall–Kier alpha value is -0.940. The van der Waals surface area contributed by atoms with Crippen molar-refractivity contribution in [3.63, 3.8) is 0 Å². The van der Waals surface area contributed by atoms with Gasteiger partial charge in [0.2, 0.25) is 0 Å². The molecule has 19 heavy (non-hydrogen) atoms. The van der Waals surface area contributed by atoms with Gasteiger partial charge in [-0.15, -0.1) is 0 Å². The number of hydrogen-bond acceptors (Lipinski definition) is 3. The Labute approximate surface area is 128 Å². The van der Waals surface area contributed by atoms with Gasteiger partial charge in [-0.25, -0.2) is 0 Å². The molecule has 0 radical (unpaired) electrons. The maximum absolute atomic E-state index is 11.0. The van der Waals surface area contributed by atoms with Gasteiger partial charge in [0.15, 0.2) is 0 Å². The molecule has 0 bridgehead atoms. The van der Waals surface area contributed by atoms with Crippen LogP contribution in [0.2, 0.25) is 15.1 Å². The molecule has 7 heteroatoms. The molecule has 0 aromatic heterocycles. The Bertz CT molecular complexity index is 649. The molecule has 2 aromatic carbocycles. The van der Waals surface area contributed by atoms with E-state index in [1.807, 2.05) is 0 Å². The quantitative estimate of drug-likeness (QED) is 0.533. The first kappa shape index (κ1) is 14.5. The molecule has 98 valence electrons. The van der Waals surface area contributed by atoms with Gasteiger partial charge >= 0.3 is 5.69 Å². The molecule has 0 aliphatic rings. The second kappa shape index (κ2) is 6.01. The van der Waals surface area contributed by atoms with E-state index in [1.54, 1.807) is 30.3 Å². The first-order valence-corrected chi connectivity index (χ1v) is 7.00. The maximum Gasteiger partial charge on any atom is 0.301 e. The van der Waals surface area contributed by atoms with Crippen molar-refractivity contribution in [1.29, 1.82) is 0 Å². The fraction of sp³-hybridized carbons (Fsp3) is 0. The minimum Gasteiger partial charge on any atom is -0.258 e. The molecule has 0 spiro atoms. The lowest BCUT2D eigenvalue weighted by Gasteiger charge is -2.06. The van der Waals surface area contributed by atoms with E-state index >= 15 is 0 Å². The molecular weight excluding hydrogens is 329 g/mol. The van der Waals surface area contributed by atoms with Crippen molar-refractivity contribution in [2.24, 2.45) is 0 Å². The van der Waals surface area contributed by atoms with Gasteiger partial charge in [-0.2, -0.15) is 0 Å². The third kappa shape index (κ3) is 3.34. The predicted octanol–water partition coefficient (Wildman–Crippen LogP) is 5.71. The smallest absolute Gasteiger partial charge is 0.258 e. The molecule has 0 N–H and O–H groups in total. The van der Waals surface area contributed by atoms with Gasteiger partial charge in [0.25, 0.3) is 0 Å². The van der Waals surface area contributed by atoms with Crippen molar-refractivity contribution < 1.29 is 4.92 Å².